The van der Waals surface area contributed by atoms with Gasteiger partial charge in [-0.2, -0.15) is 0 Å². The molecule has 1 aromatic carbocycles. The molecule has 0 amide bonds. The molecule has 0 fully saturated rings. The third-order valence-corrected chi connectivity index (χ3v) is 4.94. The van der Waals surface area contributed by atoms with Gasteiger partial charge in [0.05, 0.1) is 0 Å². The van der Waals surface area contributed by atoms with Crippen molar-refractivity contribution < 1.29 is 0 Å². The van der Waals surface area contributed by atoms with E-state index in [0.29, 0.717) is 0 Å². The Morgan fingerprint density at radius 3 is 2.84 bits per heavy atom. The molecule has 2 unspecified atom stereocenters. The molecular formula is C19H30. The van der Waals surface area contributed by atoms with Crippen LogP contribution in [0.15, 0.2) is 24.3 Å². The fraction of sp³-hybridized carbons (Fsp3) is 0.684. The minimum absolute atomic E-state index is 0.855. The van der Waals surface area contributed by atoms with Gasteiger partial charge in [0.15, 0.2) is 0 Å². The summed E-state index contributed by atoms with van der Waals surface area (Å²) in [4.78, 5) is 0. The first-order valence-electron chi connectivity index (χ1n) is 8.39. The molecule has 1 aliphatic rings. The van der Waals surface area contributed by atoms with Crippen LogP contribution in [-0.4, -0.2) is 0 Å². The summed E-state index contributed by atoms with van der Waals surface area (Å²) >= 11 is 0. The molecule has 2 atom stereocenters. The lowest BCUT2D eigenvalue weighted by Crippen LogP contribution is -2.09. The number of benzene rings is 1. The lowest BCUT2D eigenvalue weighted by molar-refractivity contribution is 0.451. The smallest absolute Gasteiger partial charge is 0.0159 e. The third-order valence-electron chi connectivity index (χ3n) is 4.94. The number of aryl methyl sites for hydroxylation is 1. The molecule has 0 saturated heterocycles. The average Bonchev–Trinajstić information content (AvgIpc) is 2.46. The highest BCUT2D eigenvalue weighted by Crippen LogP contribution is 2.35. The van der Waals surface area contributed by atoms with Crippen LogP contribution in [0.5, 0.6) is 0 Å². The van der Waals surface area contributed by atoms with Crippen LogP contribution >= 0.6 is 0 Å². The maximum Gasteiger partial charge on any atom is -0.0159 e. The average molecular weight is 258 g/mol. The zero-order valence-electron chi connectivity index (χ0n) is 12.8. The molecule has 0 N–H and O–H groups in total. The van der Waals surface area contributed by atoms with Gasteiger partial charge < -0.3 is 0 Å². The van der Waals surface area contributed by atoms with E-state index in [1.807, 2.05) is 0 Å². The van der Waals surface area contributed by atoms with Crippen molar-refractivity contribution in [1.29, 1.82) is 0 Å². The van der Waals surface area contributed by atoms with Gasteiger partial charge in [-0.1, -0.05) is 70.2 Å². The first-order chi connectivity index (χ1) is 9.31. The third kappa shape index (κ3) is 4.37. The van der Waals surface area contributed by atoms with Gasteiger partial charge in [-0.15, -0.1) is 0 Å². The monoisotopic (exact) mass is 258 g/mol. The molecule has 0 nitrogen and oxygen atoms in total. The lowest BCUT2D eigenvalue weighted by Gasteiger charge is -2.25. The molecular weight excluding hydrogens is 228 g/mol. The Morgan fingerprint density at radius 1 is 1.16 bits per heavy atom. The van der Waals surface area contributed by atoms with Crippen molar-refractivity contribution in [3.8, 4) is 0 Å². The zero-order valence-corrected chi connectivity index (χ0v) is 12.8. The molecule has 19 heavy (non-hydrogen) atoms. The predicted molar refractivity (Wildman–Crippen MR) is 84.7 cm³/mol. The van der Waals surface area contributed by atoms with Crippen LogP contribution in [0.25, 0.3) is 0 Å². The fourth-order valence-corrected chi connectivity index (χ4v) is 3.42. The van der Waals surface area contributed by atoms with Gasteiger partial charge in [0, 0.05) is 0 Å². The van der Waals surface area contributed by atoms with Gasteiger partial charge >= 0.3 is 0 Å². The summed E-state index contributed by atoms with van der Waals surface area (Å²) in [7, 11) is 0. The molecule has 0 aliphatic heterocycles. The molecule has 2 rings (SSSR count). The SMILES string of the molecule is CCC(C)CCCCCC1CCCc2ccccc21. The summed E-state index contributed by atoms with van der Waals surface area (Å²) in [5.41, 5.74) is 3.29. The van der Waals surface area contributed by atoms with Crippen molar-refractivity contribution in [2.24, 2.45) is 5.92 Å². The van der Waals surface area contributed by atoms with Crippen LogP contribution in [-0.2, 0) is 6.42 Å². The van der Waals surface area contributed by atoms with Gasteiger partial charge in [0.25, 0.3) is 0 Å². The van der Waals surface area contributed by atoms with E-state index in [1.54, 1.807) is 11.1 Å². The first-order valence-corrected chi connectivity index (χ1v) is 8.39. The number of unbranched alkanes of at least 4 members (excludes halogenated alkanes) is 2. The summed E-state index contributed by atoms with van der Waals surface area (Å²) in [5, 5.41) is 0. The Bertz CT molecular complexity index is 366. The zero-order chi connectivity index (χ0) is 13.5. The largest absolute Gasteiger partial charge is 0.0651 e. The van der Waals surface area contributed by atoms with E-state index < -0.39 is 0 Å². The Balaban J connectivity index is 1.72. The molecule has 0 aromatic heterocycles. The highest BCUT2D eigenvalue weighted by Gasteiger charge is 2.18. The molecule has 0 heterocycles. The second-order valence-corrected chi connectivity index (χ2v) is 6.44. The minimum atomic E-state index is 0.855. The number of hydrogen-bond acceptors (Lipinski definition) is 0. The van der Waals surface area contributed by atoms with E-state index >= 15 is 0 Å². The molecule has 0 spiro atoms. The van der Waals surface area contributed by atoms with Gasteiger partial charge in [0.1, 0.15) is 0 Å². The molecule has 0 heteroatoms. The molecule has 106 valence electrons. The maximum absolute atomic E-state index is 2.39. The molecule has 0 bridgehead atoms. The summed E-state index contributed by atoms with van der Waals surface area (Å²) in [5.74, 6) is 1.78. The summed E-state index contributed by atoms with van der Waals surface area (Å²) in [6.07, 6.45) is 12.6. The highest BCUT2D eigenvalue weighted by atomic mass is 14.2. The maximum atomic E-state index is 2.39. The van der Waals surface area contributed by atoms with Crippen LogP contribution in [0.4, 0.5) is 0 Å². The number of fused-ring (bicyclic) bond motifs is 1. The van der Waals surface area contributed by atoms with Crippen molar-refractivity contribution in [2.45, 2.75) is 77.6 Å². The molecule has 1 aromatic rings. The van der Waals surface area contributed by atoms with Gasteiger partial charge in [-0.05, 0) is 48.6 Å². The topological polar surface area (TPSA) is 0 Å². The molecule has 1 aliphatic carbocycles. The van der Waals surface area contributed by atoms with Crippen LogP contribution in [0, 0.1) is 5.92 Å². The van der Waals surface area contributed by atoms with Crippen LogP contribution in [0.1, 0.15) is 82.3 Å². The van der Waals surface area contributed by atoms with Crippen LogP contribution in [0.3, 0.4) is 0 Å². The Morgan fingerprint density at radius 2 is 2.00 bits per heavy atom. The number of hydrogen-bond donors (Lipinski definition) is 0. The van der Waals surface area contributed by atoms with E-state index in [0.717, 1.165) is 11.8 Å². The Hall–Kier alpha value is -0.780. The van der Waals surface area contributed by atoms with Gasteiger partial charge in [-0.25, -0.2) is 0 Å². The van der Waals surface area contributed by atoms with Crippen LogP contribution in [0.2, 0.25) is 0 Å². The van der Waals surface area contributed by atoms with Gasteiger partial charge in [-0.3, -0.25) is 0 Å². The van der Waals surface area contributed by atoms with E-state index in [2.05, 4.69) is 38.1 Å². The summed E-state index contributed by atoms with van der Waals surface area (Å²) < 4.78 is 0. The van der Waals surface area contributed by atoms with Crippen LogP contribution < -0.4 is 0 Å². The molecule has 0 radical (unpaired) electrons. The van der Waals surface area contributed by atoms with Gasteiger partial charge in [0.2, 0.25) is 0 Å². The fourth-order valence-electron chi connectivity index (χ4n) is 3.42. The van der Waals surface area contributed by atoms with Crippen molar-refractivity contribution >= 4 is 0 Å². The lowest BCUT2D eigenvalue weighted by atomic mass is 9.80. The highest BCUT2D eigenvalue weighted by molar-refractivity contribution is 5.32. The van der Waals surface area contributed by atoms with Crippen molar-refractivity contribution in [3.63, 3.8) is 0 Å². The summed E-state index contributed by atoms with van der Waals surface area (Å²) in [6.45, 7) is 4.70. The van der Waals surface area contributed by atoms with E-state index in [1.165, 1.54) is 57.8 Å². The van der Waals surface area contributed by atoms with E-state index in [9.17, 15) is 0 Å². The number of rotatable bonds is 7. The first kappa shape index (κ1) is 14.6. The molecule has 0 saturated carbocycles. The quantitative estimate of drug-likeness (QED) is 0.518. The second-order valence-electron chi connectivity index (χ2n) is 6.44. The normalized spacial score (nSPS) is 20.0. The standard InChI is InChI=1S/C19H30/c1-3-16(2)10-5-4-6-11-17-13-9-14-18-12-7-8-15-19(17)18/h7-8,12,15-17H,3-6,9-11,13-14H2,1-2H3. The minimum Gasteiger partial charge on any atom is -0.0651 e. The Kier molecular flexibility index (Phi) is 5.94. The second kappa shape index (κ2) is 7.72. The Labute approximate surface area is 119 Å². The van der Waals surface area contributed by atoms with Crippen molar-refractivity contribution in [1.82, 2.24) is 0 Å². The predicted octanol–water partition coefficient (Wildman–Crippen LogP) is 6.10. The van der Waals surface area contributed by atoms with E-state index in [4.69, 9.17) is 0 Å². The van der Waals surface area contributed by atoms with Crippen molar-refractivity contribution in [3.05, 3.63) is 35.4 Å². The van der Waals surface area contributed by atoms with E-state index in [-0.39, 0.29) is 0 Å². The summed E-state index contributed by atoms with van der Waals surface area (Å²) in [6, 6.07) is 9.14. The van der Waals surface area contributed by atoms with Crippen molar-refractivity contribution in [2.75, 3.05) is 0 Å².